The SMILES string of the molecule is CC(=O)Nc1ccccc1C(=O)C(C)(C)C(=O)c1ccccc1S. The molecule has 1 amide bonds. The molecule has 5 heteroatoms. The summed E-state index contributed by atoms with van der Waals surface area (Å²) >= 11 is 4.30. The first-order valence-electron chi connectivity index (χ1n) is 7.49. The predicted molar refractivity (Wildman–Crippen MR) is 96.9 cm³/mol. The topological polar surface area (TPSA) is 63.2 Å². The van der Waals surface area contributed by atoms with Gasteiger partial charge < -0.3 is 5.32 Å². The lowest BCUT2D eigenvalue weighted by molar-refractivity contribution is -0.114. The summed E-state index contributed by atoms with van der Waals surface area (Å²) in [6.45, 7) is 4.54. The predicted octanol–water partition coefficient (Wildman–Crippen LogP) is 4.03. The van der Waals surface area contributed by atoms with Crippen LogP contribution in [0.1, 0.15) is 41.5 Å². The van der Waals surface area contributed by atoms with Crippen molar-refractivity contribution in [2.45, 2.75) is 25.7 Å². The third kappa shape index (κ3) is 3.57. The van der Waals surface area contributed by atoms with Crippen molar-refractivity contribution in [3.05, 3.63) is 59.7 Å². The molecule has 0 radical (unpaired) electrons. The van der Waals surface area contributed by atoms with Gasteiger partial charge in [0.25, 0.3) is 0 Å². The van der Waals surface area contributed by atoms with Crippen molar-refractivity contribution in [3.8, 4) is 0 Å². The van der Waals surface area contributed by atoms with E-state index >= 15 is 0 Å². The molecular formula is C19H19NO3S. The Kier molecular flexibility index (Phi) is 5.24. The number of benzene rings is 2. The first-order chi connectivity index (χ1) is 11.2. The van der Waals surface area contributed by atoms with E-state index in [0.717, 1.165) is 0 Å². The number of hydrogen-bond donors (Lipinski definition) is 2. The molecule has 0 aliphatic heterocycles. The number of ketones is 2. The smallest absolute Gasteiger partial charge is 0.221 e. The summed E-state index contributed by atoms with van der Waals surface area (Å²) < 4.78 is 0. The minimum Gasteiger partial charge on any atom is -0.326 e. The van der Waals surface area contributed by atoms with Gasteiger partial charge in [-0.05, 0) is 32.0 Å². The fraction of sp³-hybridized carbons (Fsp3) is 0.211. The van der Waals surface area contributed by atoms with Crippen LogP contribution >= 0.6 is 12.6 Å². The summed E-state index contributed by atoms with van der Waals surface area (Å²) in [5.41, 5.74) is -0.179. The molecule has 0 aliphatic carbocycles. The second-order valence-corrected chi connectivity index (χ2v) is 6.51. The Hall–Kier alpha value is -2.40. The molecule has 24 heavy (non-hydrogen) atoms. The Morgan fingerprint density at radius 2 is 1.38 bits per heavy atom. The molecule has 2 rings (SSSR count). The van der Waals surface area contributed by atoms with Crippen LogP contribution in [-0.4, -0.2) is 17.5 Å². The van der Waals surface area contributed by atoms with Gasteiger partial charge in [0.2, 0.25) is 5.91 Å². The monoisotopic (exact) mass is 341 g/mol. The maximum atomic E-state index is 13.0. The molecule has 0 heterocycles. The van der Waals surface area contributed by atoms with Crippen molar-refractivity contribution in [1.29, 1.82) is 0 Å². The molecule has 0 aromatic heterocycles. The normalized spacial score (nSPS) is 11.0. The van der Waals surface area contributed by atoms with Crippen LogP contribution in [0.4, 0.5) is 5.69 Å². The van der Waals surface area contributed by atoms with Gasteiger partial charge in [0.15, 0.2) is 11.6 Å². The van der Waals surface area contributed by atoms with E-state index in [4.69, 9.17) is 0 Å². The number of amides is 1. The van der Waals surface area contributed by atoms with Gasteiger partial charge in [-0.1, -0.05) is 30.3 Å². The molecule has 0 saturated carbocycles. The number of hydrogen-bond acceptors (Lipinski definition) is 4. The summed E-state index contributed by atoms with van der Waals surface area (Å²) in [7, 11) is 0. The Morgan fingerprint density at radius 3 is 1.96 bits per heavy atom. The maximum Gasteiger partial charge on any atom is 0.221 e. The van der Waals surface area contributed by atoms with Crippen molar-refractivity contribution in [1.82, 2.24) is 0 Å². The van der Waals surface area contributed by atoms with E-state index in [-0.39, 0.29) is 17.5 Å². The molecule has 0 aliphatic rings. The standard InChI is InChI=1S/C19H19NO3S/c1-12(21)20-15-10-6-4-8-13(15)17(22)19(2,3)18(23)14-9-5-7-11-16(14)24/h4-11,24H,1-3H3,(H,20,21). The average Bonchev–Trinajstić information content (AvgIpc) is 2.54. The average molecular weight is 341 g/mol. The van der Waals surface area contributed by atoms with Crippen molar-refractivity contribution in [3.63, 3.8) is 0 Å². The third-order valence-electron chi connectivity index (χ3n) is 3.77. The van der Waals surface area contributed by atoms with Crippen LogP contribution in [0.2, 0.25) is 0 Å². The van der Waals surface area contributed by atoms with E-state index in [0.29, 0.717) is 21.7 Å². The van der Waals surface area contributed by atoms with Gasteiger partial charge >= 0.3 is 0 Å². The van der Waals surface area contributed by atoms with Crippen LogP contribution in [0.3, 0.4) is 0 Å². The Balaban J connectivity index is 2.43. The van der Waals surface area contributed by atoms with Gasteiger partial charge in [-0.2, -0.15) is 0 Å². The molecule has 2 aromatic carbocycles. The molecule has 2 aromatic rings. The van der Waals surface area contributed by atoms with E-state index < -0.39 is 5.41 Å². The van der Waals surface area contributed by atoms with Crippen LogP contribution in [0.15, 0.2) is 53.4 Å². The van der Waals surface area contributed by atoms with Gasteiger partial charge in [0, 0.05) is 22.9 Å². The van der Waals surface area contributed by atoms with Crippen molar-refractivity contribution in [2.24, 2.45) is 5.41 Å². The van der Waals surface area contributed by atoms with E-state index in [9.17, 15) is 14.4 Å². The fourth-order valence-corrected chi connectivity index (χ4v) is 2.68. The number of carbonyl (C=O) groups excluding carboxylic acids is 3. The van der Waals surface area contributed by atoms with Crippen LogP contribution in [0.25, 0.3) is 0 Å². The highest BCUT2D eigenvalue weighted by atomic mass is 32.1. The number of para-hydroxylation sites is 1. The first-order valence-corrected chi connectivity index (χ1v) is 7.94. The molecule has 124 valence electrons. The summed E-state index contributed by atoms with van der Waals surface area (Å²) in [5.74, 6) is -0.941. The highest BCUT2D eigenvalue weighted by molar-refractivity contribution is 7.80. The summed E-state index contributed by atoms with van der Waals surface area (Å²) in [6, 6.07) is 13.5. The third-order valence-corrected chi connectivity index (χ3v) is 4.16. The zero-order chi connectivity index (χ0) is 17.9. The van der Waals surface area contributed by atoms with Crippen LogP contribution in [0, 0.1) is 5.41 Å². The minimum absolute atomic E-state index is 0.278. The van der Waals surface area contributed by atoms with Crippen molar-refractivity contribution in [2.75, 3.05) is 5.32 Å². The molecule has 0 spiro atoms. The zero-order valence-electron chi connectivity index (χ0n) is 13.8. The van der Waals surface area contributed by atoms with E-state index in [1.54, 1.807) is 62.4 Å². The maximum absolute atomic E-state index is 13.0. The second-order valence-electron chi connectivity index (χ2n) is 6.03. The number of rotatable bonds is 5. The van der Waals surface area contributed by atoms with Crippen LogP contribution < -0.4 is 5.32 Å². The molecule has 0 unspecified atom stereocenters. The molecule has 0 fully saturated rings. The second kappa shape index (κ2) is 7.01. The molecule has 4 nitrogen and oxygen atoms in total. The zero-order valence-corrected chi connectivity index (χ0v) is 14.7. The lowest BCUT2D eigenvalue weighted by atomic mass is 9.77. The van der Waals surface area contributed by atoms with Crippen molar-refractivity contribution >= 4 is 35.8 Å². The summed E-state index contributed by atoms with van der Waals surface area (Å²) in [4.78, 5) is 37.7. The Labute approximate surface area is 146 Å². The lowest BCUT2D eigenvalue weighted by Crippen LogP contribution is -2.34. The summed E-state index contributed by atoms with van der Waals surface area (Å²) in [5, 5.41) is 2.63. The highest BCUT2D eigenvalue weighted by Gasteiger charge is 2.38. The fourth-order valence-electron chi connectivity index (χ4n) is 2.42. The Bertz CT molecular complexity index is 812. The molecule has 0 atom stereocenters. The van der Waals surface area contributed by atoms with Crippen molar-refractivity contribution < 1.29 is 14.4 Å². The molecule has 1 N–H and O–H groups in total. The molecular weight excluding hydrogens is 322 g/mol. The Morgan fingerprint density at radius 1 is 0.875 bits per heavy atom. The van der Waals surface area contributed by atoms with Gasteiger partial charge in [0.05, 0.1) is 11.1 Å². The number of thiol groups is 1. The van der Waals surface area contributed by atoms with Crippen LogP contribution in [0.5, 0.6) is 0 Å². The van der Waals surface area contributed by atoms with E-state index in [2.05, 4.69) is 17.9 Å². The number of Topliss-reactive ketones (excluding diaryl/α,β-unsaturated/α-hetero) is 2. The number of nitrogens with one attached hydrogen (secondary N) is 1. The summed E-state index contributed by atoms with van der Waals surface area (Å²) in [6.07, 6.45) is 0. The quantitative estimate of drug-likeness (QED) is 0.490. The van der Waals surface area contributed by atoms with Crippen LogP contribution in [-0.2, 0) is 4.79 Å². The largest absolute Gasteiger partial charge is 0.326 e. The van der Waals surface area contributed by atoms with Gasteiger partial charge in [0.1, 0.15) is 0 Å². The van der Waals surface area contributed by atoms with Gasteiger partial charge in [-0.25, -0.2) is 0 Å². The van der Waals surface area contributed by atoms with E-state index in [1.165, 1.54) is 6.92 Å². The number of carbonyl (C=O) groups is 3. The highest BCUT2D eigenvalue weighted by Crippen LogP contribution is 2.31. The van der Waals surface area contributed by atoms with E-state index in [1.807, 2.05) is 0 Å². The lowest BCUT2D eigenvalue weighted by Gasteiger charge is -2.23. The molecule has 0 saturated heterocycles. The number of anilines is 1. The molecule has 0 bridgehead atoms. The first kappa shape index (κ1) is 17.9. The van der Waals surface area contributed by atoms with Gasteiger partial charge in [-0.3, -0.25) is 14.4 Å². The van der Waals surface area contributed by atoms with Gasteiger partial charge in [-0.15, -0.1) is 12.6 Å². The minimum atomic E-state index is -1.28.